The molecular weight excluding hydrogens is 232 g/mol. The van der Waals surface area contributed by atoms with Crippen LogP contribution in [-0.2, 0) is 14.3 Å². The third kappa shape index (κ3) is 1.69. The highest BCUT2D eigenvalue weighted by Crippen LogP contribution is 2.77. The van der Waals surface area contributed by atoms with Gasteiger partial charge in [0.1, 0.15) is 0 Å². The number of rotatable bonds is 1. The second-order valence-electron chi connectivity index (χ2n) is 6.48. The van der Waals surface area contributed by atoms with Crippen LogP contribution < -0.4 is 0 Å². The van der Waals surface area contributed by atoms with Crippen LogP contribution in [0, 0.1) is 11.3 Å². The average molecular weight is 254 g/mol. The van der Waals surface area contributed by atoms with Crippen molar-refractivity contribution < 1.29 is 19.4 Å². The Labute approximate surface area is 108 Å². The summed E-state index contributed by atoms with van der Waals surface area (Å²) in [5, 5.41) is 6.89. The van der Waals surface area contributed by atoms with E-state index in [4.69, 9.17) is 19.4 Å². The fourth-order valence-electron chi connectivity index (χ4n) is 4.21. The van der Waals surface area contributed by atoms with Crippen LogP contribution in [0.3, 0.4) is 0 Å². The minimum absolute atomic E-state index is 0.0544. The van der Waals surface area contributed by atoms with Gasteiger partial charge in [-0.25, -0.2) is 0 Å². The summed E-state index contributed by atoms with van der Waals surface area (Å²) >= 11 is 0. The maximum atomic E-state index is 8.36. The van der Waals surface area contributed by atoms with E-state index in [0.29, 0.717) is 5.41 Å². The third-order valence-electron chi connectivity index (χ3n) is 5.41. The number of epoxide rings is 2. The van der Waals surface area contributed by atoms with E-state index in [-0.39, 0.29) is 18.0 Å². The van der Waals surface area contributed by atoms with Crippen molar-refractivity contribution in [3.8, 4) is 0 Å². The molecule has 2 saturated carbocycles. The lowest BCUT2D eigenvalue weighted by molar-refractivity contribution is -0.122. The summed E-state index contributed by atoms with van der Waals surface area (Å²) in [4.78, 5) is 8.36. The topological polar surface area (TPSA) is 62.4 Å². The number of hydrogen-bond donors (Lipinski definition) is 1. The first-order valence-electron chi connectivity index (χ1n) is 7.08. The van der Waals surface area contributed by atoms with Crippen molar-refractivity contribution in [2.24, 2.45) is 11.3 Å². The summed E-state index contributed by atoms with van der Waals surface area (Å²) in [7, 11) is 0. The van der Waals surface area contributed by atoms with Crippen LogP contribution in [0.1, 0.15) is 58.3 Å². The molecule has 1 N–H and O–H groups in total. The van der Waals surface area contributed by atoms with Gasteiger partial charge < -0.3 is 14.6 Å². The molecule has 4 nitrogen and oxygen atoms in total. The van der Waals surface area contributed by atoms with E-state index in [1.165, 1.54) is 44.9 Å². The average Bonchev–Trinajstić information content (AvgIpc) is 3.17. The number of hydrogen-bond acceptors (Lipinski definition) is 3. The molecule has 0 aromatic carbocycles. The molecular formula is C14H22O4. The second kappa shape index (κ2) is 3.94. The molecule has 2 saturated heterocycles. The number of carbonyl (C=O) groups is 1. The Morgan fingerprint density at radius 2 is 1.72 bits per heavy atom. The number of carboxylic acid groups (broad SMARTS) is 1. The molecule has 18 heavy (non-hydrogen) atoms. The van der Waals surface area contributed by atoms with Crippen molar-refractivity contribution in [2.75, 3.05) is 0 Å². The van der Waals surface area contributed by atoms with Gasteiger partial charge in [0.05, 0.1) is 0 Å². The summed E-state index contributed by atoms with van der Waals surface area (Å²) < 4.78 is 11.4. The van der Waals surface area contributed by atoms with Gasteiger partial charge in [-0.2, -0.15) is 0 Å². The van der Waals surface area contributed by atoms with E-state index in [2.05, 4.69) is 6.92 Å². The molecule has 2 aliphatic carbocycles. The maximum absolute atomic E-state index is 8.36. The van der Waals surface area contributed by atoms with Gasteiger partial charge in [-0.15, -0.1) is 0 Å². The molecule has 0 amide bonds. The zero-order chi connectivity index (χ0) is 12.9. The number of ether oxygens (including phenoxy) is 2. The molecule has 2 aliphatic heterocycles. The predicted molar refractivity (Wildman–Crippen MR) is 64.9 cm³/mol. The summed E-state index contributed by atoms with van der Waals surface area (Å²) in [5.74, 6) is 0.811. The molecule has 4 aliphatic rings. The van der Waals surface area contributed by atoms with Gasteiger partial charge in [-0.3, -0.25) is 4.79 Å². The summed E-state index contributed by atoms with van der Waals surface area (Å²) in [5.41, 5.74) is 0.511. The lowest BCUT2D eigenvalue weighted by atomic mass is 9.63. The Morgan fingerprint density at radius 1 is 1.11 bits per heavy atom. The van der Waals surface area contributed by atoms with E-state index >= 15 is 0 Å². The Balaban J connectivity index is 0.000000307. The first kappa shape index (κ1) is 12.4. The highest BCUT2D eigenvalue weighted by Gasteiger charge is 2.92. The van der Waals surface area contributed by atoms with Crippen LogP contribution in [0.25, 0.3) is 0 Å². The second-order valence-corrected chi connectivity index (χ2v) is 6.48. The van der Waals surface area contributed by atoms with E-state index in [1.807, 2.05) is 0 Å². The normalized spacial score (nSPS) is 49.2. The summed E-state index contributed by atoms with van der Waals surface area (Å²) in [6.45, 7) is 2.23. The molecule has 2 heterocycles. The highest BCUT2D eigenvalue weighted by molar-refractivity contribution is 5.32. The minimum Gasteiger partial charge on any atom is -0.483 e. The molecule has 1 atom stereocenters. The van der Waals surface area contributed by atoms with Crippen LogP contribution in [0.2, 0.25) is 0 Å². The predicted octanol–water partition coefficient (Wildman–Crippen LogP) is 2.91. The molecule has 0 radical (unpaired) electrons. The van der Waals surface area contributed by atoms with Crippen LogP contribution in [0.15, 0.2) is 0 Å². The minimum atomic E-state index is -0.250. The van der Waals surface area contributed by atoms with Gasteiger partial charge in [0, 0.05) is 12.8 Å². The Hall–Kier alpha value is -0.610. The lowest BCUT2D eigenvalue weighted by Crippen LogP contribution is -2.34. The molecule has 0 aromatic heterocycles. The molecule has 4 heteroatoms. The first-order chi connectivity index (χ1) is 8.60. The largest absolute Gasteiger partial charge is 0.483 e. The van der Waals surface area contributed by atoms with Crippen molar-refractivity contribution in [2.45, 2.75) is 69.9 Å². The van der Waals surface area contributed by atoms with Gasteiger partial charge in [-0.1, -0.05) is 26.2 Å². The maximum Gasteiger partial charge on any atom is 0.290 e. The van der Waals surface area contributed by atoms with Crippen LogP contribution in [-0.4, -0.2) is 23.2 Å². The third-order valence-corrected chi connectivity index (χ3v) is 5.41. The van der Waals surface area contributed by atoms with Crippen LogP contribution in [0.4, 0.5) is 0 Å². The Bertz CT molecular complexity index is 342. The van der Waals surface area contributed by atoms with Crippen LogP contribution in [0.5, 0.6) is 0 Å². The SMILES string of the molecule is CC1(C2CCCCC2)CCC23OC2(C1)O3.O=CO. The molecule has 4 fully saturated rings. The van der Waals surface area contributed by atoms with Crippen LogP contribution >= 0.6 is 0 Å². The Morgan fingerprint density at radius 3 is 2.28 bits per heavy atom. The smallest absolute Gasteiger partial charge is 0.290 e. The van der Waals surface area contributed by atoms with Crippen molar-refractivity contribution in [3.63, 3.8) is 0 Å². The van der Waals surface area contributed by atoms with E-state index in [0.717, 1.165) is 12.3 Å². The standard InChI is InChI=1S/C13H20O2.CH2O2/c1-11(10-5-3-2-4-6-10)7-8-12-13(9-11,14-12)15-12;2-1-3/h10H,2-9H2,1H3;1H,(H,2,3). The monoisotopic (exact) mass is 254 g/mol. The van der Waals surface area contributed by atoms with E-state index < -0.39 is 0 Å². The molecule has 1 unspecified atom stereocenters. The fourth-order valence-corrected chi connectivity index (χ4v) is 4.21. The molecule has 102 valence electrons. The van der Waals surface area contributed by atoms with E-state index in [1.54, 1.807) is 0 Å². The van der Waals surface area contributed by atoms with Gasteiger partial charge in [0.25, 0.3) is 6.47 Å². The van der Waals surface area contributed by atoms with Gasteiger partial charge >= 0.3 is 0 Å². The molecule has 0 aromatic rings. The summed E-state index contributed by atoms with van der Waals surface area (Å²) in [6, 6.07) is 0. The zero-order valence-electron chi connectivity index (χ0n) is 11.0. The highest BCUT2D eigenvalue weighted by atomic mass is 17.0. The van der Waals surface area contributed by atoms with Gasteiger partial charge in [0.15, 0.2) is 0 Å². The zero-order valence-corrected chi connectivity index (χ0v) is 11.0. The van der Waals surface area contributed by atoms with E-state index in [9.17, 15) is 0 Å². The lowest BCUT2D eigenvalue weighted by Gasteiger charge is -2.40. The van der Waals surface area contributed by atoms with Gasteiger partial charge in [0.2, 0.25) is 11.6 Å². The first-order valence-corrected chi connectivity index (χ1v) is 7.08. The van der Waals surface area contributed by atoms with Crippen molar-refractivity contribution in [3.05, 3.63) is 0 Å². The molecule has 0 bridgehead atoms. The Kier molecular flexibility index (Phi) is 2.72. The van der Waals surface area contributed by atoms with Crippen molar-refractivity contribution in [1.82, 2.24) is 0 Å². The fraction of sp³-hybridized carbons (Fsp3) is 0.929. The summed E-state index contributed by atoms with van der Waals surface area (Å²) in [6.07, 6.45) is 10.9. The molecule has 4 rings (SSSR count). The van der Waals surface area contributed by atoms with Gasteiger partial charge in [-0.05, 0) is 30.6 Å². The molecule has 0 spiro atoms. The van der Waals surface area contributed by atoms with Crippen molar-refractivity contribution >= 4 is 6.47 Å². The quantitative estimate of drug-likeness (QED) is 0.577. The van der Waals surface area contributed by atoms with Crippen molar-refractivity contribution in [1.29, 1.82) is 0 Å².